The van der Waals surface area contributed by atoms with Gasteiger partial charge in [-0.05, 0) is 61.1 Å². The summed E-state index contributed by atoms with van der Waals surface area (Å²) in [6, 6.07) is 16.5. The fraction of sp³-hybridized carbons (Fsp3) is 0.240. The molecule has 1 amide bonds. The van der Waals surface area contributed by atoms with E-state index < -0.39 is 15.9 Å². The molecule has 174 valence electrons. The van der Waals surface area contributed by atoms with Crippen molar-refractivity contribution in [2.45, 2.75) is 25.7 Å². The molecule has 34 heavy (non-hydrogen) atoms. The predicted molar refractivity (Wildman–Crippen MR) is 130 cm³/mol. The van der Waals surface area contributed by atoms with Gasteiger partial charge in [-0.1, -0.05) is 24.3 Å². The maximum Gasteiger partial charge on any atom is 0.268 e. The zero-order valence-corrected chi connectivity index (χ0v) is 19.6. The third-order valence-corrected chi connectivity index (χ3v) is 5.92. The lowest BCUT2D eigenvalue weighted by Crippen LogP contribution is -2.30. The van der Waals surface area contributed by atoms with Crippen molar-refractivity contribution in [3.8, 4) is 22.9 Å². The molecule has 2 aromatic carbocycles. The Labute approximate surface area is 198 Å². The van der Waals surface area contributed by atoms with Gasteiger partial charge in [0.1, 0.15) is 5.82 Å². The summed E-state index contributed by atoms with van der Waals surface area (Å²) >= 11 is 0. The van der Waals surface area contributed by atoms with E-state index in [0.29, 0.717) is 29.5 Å². The summed E-state index contributed by atoms with van der Waals surface area (Å²) in [7, 11) is -3.75. The second-order valence-corrected chi connectivity index (χ2v) is 9.82. The Hall–Kier alpha value is -3.90. The van der Waals surface area contributed by atoms with Crippen LogP contribution in [0, 0.1) is 11.3 Å². The van der Waals surface area contributed by atoms with Crippen LogP contribution in [0.25, 0.3) is 11.1 Å². The number of para-hydroxylation sites is 1. The molecule has 4 rings (SSSR count). The van der Waals surface area contributed by atoms with E-state index in [1.54, 1.807) is 30.5 Å². The van der Waals surface area contributed by atoms with Gasteiger partial charge in [0.05, 0.1) is 35.7 Å². The number of hydrogen-bond acceptors (Lipinski definition) is 7. The summed E-state index contributed by atoms with van der Waals surface area (Å²) in [5.41, 5.74) is 3.83. The van der Waals surface area contributed by atoms with Crippen molar-refractivity contribution in [1.29, 1.82) is 5.26 Å². The molecule has 0 bridgehead atoms. The predicted octanol–water partition coefficient (Wildman–Crippen LogP) is 4.33. The summed E-state index contributed by atoms with van der Waals surface area (Å²) in [4.78, 5) is 17.3. The van der Waals surface area contributed by atoms with Crippen LogP contribution in [0.1, 0.15) is 47.2 Å². The Morgan fingerprint density at radius 2 is 1.94 bits per heavy atom. The minimum atomic E-state index is -3.75. The normalized spacial score (nSPS) is 13.1. The van der Waals surface area contributed by atoms with Gasteiger partial charge < -0.3 is 10.1 Å². The minimum Gasteiger partial charge on any atom is -0.491 e. The number of amides is 1. The Morgan fingerprint density at radius 3 is 2.56 bits per heavy atom. The Balaban J connectivity index is 1.75. The molecule has 0 atom stereocenters. The molecule has 1 fully saturated rings. The number of sulfonamides is 1. The summed E-state index contributed by atoms with van der Waals surface area (Å²) in [5.74, 6) is 0.368. The van der Waals surface area contributed by atoms with Crippen LogP contribution >= 0.6 is 0 Å². The molecule has 0 spiro atoms. The second kappa shape index (κ2) is 9.53. The molecule has 9 heteroatoms. The maximum absolute atomic E-state index is 12.8. The molecule has 0 radical (unpaired) electrons. The number of pyridine rings is 1. The zero-order chi connectivity index (χ0) is 24.3. The van der Waals surface area contributed by atoms with Gasteiger partial charge in [0.15, 0.2) is 5.75 Å². The van der Waals surface area contributed by atoms with E-state index in [0.717, 1.165) is 35.8 Å². The fourth-order valence-corrected chi connectivity index (χ4v) is 4.08. The minimum absolute atomic E-state index is 0.140. The summed E-state index contributed by atoms with van der Waals surface area (Å²) in [5, 5.41) is 12.3. The molecule has 1 saturated carbocycles. The van der Waals surface area contributed by atoms with Gasteiger partial charge in [0.25, 0.3) is 5.91 Å². The molecule has 3 aromatic rings. The third-order valence-electron chi connectivity index (χ3n) is 5.36. The molecule has 1 aliphatic carbocycles. The van der Waals surface area contributed by atoms with Crippen molar-refractivity contribution in [2.24, 2.45) is 0 Å². The van der Waals surface area contributed by atoms with Gasteiger partial charge in [0, 0.05) is 11.8 Å². The highest BCUT2D eigenvalue weighted by Crippen LogP contribution is 2.42. The number of carbonyl (C=O) groups excluding carboxylic acids is 1. The molecule has 1 aromatic heterocycles. The highest BCUT2D eigenvalue weighted by Gasteiger charge is 2.27. The van der Waals surface area contributed by atoms with Gasteiger partial charge in [-0.25, -0.2) is 18.1 Å². The monoisotopic (exact) mass is 476 g/mol. The van der Waals surface area contributed by atoms with Gasteiger partial charge in [0.2, 0.25) is 10.0 Å². The molecular weight excluding hydrogens is 452 g/mol. The molecular formula is C25H24N4O4S. The maximum atomic E-state index is 12.8. The number of anilines is 2. The number of aromatic nitrogens is 1. The first-order chi connectivity index (χ1) is 16.3. The molecule has 1 aliphatic rings. The van der Waals surface area contributed by atoms with Gasteiger partial charge in [-0.3, -0.25) is 4.79 Å². The summed E-state index contributed by atoms with van der Waals surface area (Å²) < 4.78 is 31.4. The summed E-state index contributed by atoms with van der Waals surface area (Å²) in [6.45, 7) is 2.27. The van der Waals surface area contributed by atoms with E-state index >= 15 is 0 Å². The molecule has 0 unspecified atom stereocenters. The van der Waals surface area contributed by atoms with Crippen molar-refractivity contribution in [3.05, 3.63) is 71.4 Å². The zero-order valence-electron chi connectivity index (χ0n) is 18.8. The molecule has 0 saturated heterocycles. The van der Waals surface area contributed by atoms with E-state index in [1.165, 1.54) is 0 Å². The number of benzene rings is 2. The van der Waals surface area contributed by atoms with Crippen LogP contribution in [0.4, 0.5) is 11.5 Å². The van der Waals surface area contributed by atoms with Crippen LogP contribution in [0.15, 0.2) is 54.7 Å². The largest absolute Gasteiger partial charge is 0.491 e. The molecule has 2 N–H and O–H groups in total. The average molecular weight is 477 g/mol. The molecule has 0 aliphatic heterocycles. The number of carbonyl (C=O) groups is 1. The Kier molecular flexibility index (Phi) is 6.52. The van der Waals surface area contributed by atoms with Crippen LogP contribution in [0.5, 0.6) is 5.75 Å². The topological polar surface area (TPSA) is 121 Å². The molecule has 8 nitrogen and oxygen atoms in total. The number of hydrogen-bond donors (Lipinski definition) is 2. The van der Waals surface area contributed by atoms with E-state index in [1.807, 2.05) is 35.9 Å². The third kappa shape index (κ3) is 5.35. The van der Waals surface area contributed by atoms with Crippen molar-refractivity contribution < 1.29 is 17.9 Å². The van der Waals surface area contributed by atoms with Crippen molar-refractivity contribution >= 4 is 27.4 Å². The lowest BCUT2D eigenvalue weighted by atomic mass is 10.0. The number of nitrogens with one attached hydrogen (secondary N) is 2. The Morgan fingerprint density at radius 1 is 1.21 bits per heavy atom. The number of ether oxygens (including phenoxy) is 1. The van der Waals surface area contributed by atoms with Crippen LogP contribution in [-0.2, 0) is 10.0 Å². The highest BCUT2D eigenvalue weighted by atomic mass is 32.2. The number of nitrogens with zero attached hydrogens (tertiary/aromatic N) is 2. The summed E-state index contributed by atoms with van der Waals surface area (Å²) in [6.07, 6.45) is 4.68. The van der Waals surface area contributed by atoms with Crippen molar-refractivity contribution in [2.75, 3.05) is 18.2 Å². The SMILES string of the molecule is CCOc1c(Nc2ncc(C3CC3)cc2C(=O)NS(C)(=O)=O)cccc1-c1ccc(C#N)cc1. The lowest BCUT2D eigenvalue weighted by Gasteiger charge is -2.18. The first kappa shape index (κ1) is 23.3. The van der Waals surface area contributed by atoms with Crippen molar-refractivity contribution in [1.82, 2.24) is 9.71 Å². The van der Waals surface area contributed by atoms with Crippen molar-refractivity contribution in [3.63, 3.8) is 0 Å². The highest BCUT2D eigenvalue weighted by molar-refractivity contribution is 7.89. The van der Waals surface area contributed by atoms with Gasteiger partial charge in [-0.2, -0.15) is 5.26 Å². The van der Waals surface area contributed by atoms with E-state index in [4.69, 9.17) is 10.00 Å². The standard InChI is InChI=1S/C25H24N4O4S/c1-3-33-23-20(18-9-7-16(14-26)8-10-18)5-4-6-22(23)28-24-21(25(30)29-34(2,31)32)13-19(15-27-24)17-11-12-17/h4-10,13,15,17H,3,11-12H2,1-2H3,(H,27,28)(H,29,30). The van der Waals surface area contributed by atoms with E-state index in [2.05, 4.69) is 16.4 Å². The quantitative estimate of drug-likeness (QED) is 0.496. The van der Waals surface area contributed by atoms with Crippen LogP contribution in [0.2, 0.25) is 0 Å². The second-order valence-electron chi connectivity index (χ2n) is 8.07. The first-order valence-electron chi connectivity index (χ1n) is 10.8. The van der Waals surface area contributed by atoms with E-state index in [9.17, 15) is 13.2 Å². The Bertz CT molecular complexity index is 1380. The average Bonchev–Trinajstić information content (AvgIpc) is 3.65. The van der Waals surface area contributed by atoms with Crippen LogP contribution < -0.4 is 14.8 Å². The lowest BCUT2D eigenvalue weighted by molar-refractivity contribution is 0.0982. The van der Waals surface area contributed by atoms with Crippen LogP contribution in [0.3, 0.4) is 0 Å². The number of rotatable bonds is 8. The van der Waals surface area contributed by atoms with Gasteiger partial charge in [-0.15, -0.1) is 0 Å². The van der Waals surface area contributed by atoms with Gasteiger partial charge >= 0.3 is 0 Å². The molecule has 1 heterocycles. The fourth-order valence-electron chi connectivity index (χ4n) is 3.63. The first-order valence-corrected chi connectivity index (χ1v) is 12.7. The van der Waals surface area contributed by atoms with E-state index in [-0.39, 0.29) is 11.4 Å². The van der Waals surface area contributed by atoms with Crippen LogP contribution in [-0.4, -0.2) is 32.2 Å². The number of nitriles is 1. The smallest absolute Gasteiger partial charge is 0.268 e.